The first-order valence-electron chi connectivity index (χ1n) is 7.88. The van der Waals surface area contributed by atoms with Crippen LogP contribution >= 0.6 is 11.3 Å². The van der Waals surface area contributed by atoms with Crippen molar-refractivity contribution in [2.75, 3.05) is 25.2 Å². The maximum Gasteiger partial charge on any atom is 0.330 e. The molecule has 0 fully saturated rings. The largest absolute Gasteiger partial charge is 0.492 e. The summed E-state index contributed by atoms with van der Waals surface area (Å²) in [6.07, 6.45) is 2.59. The Labute approximate surface area is 160 Å². The fourth-order valence-electron chi connectivity index (χ4n) is 2.43. The van der Waals surface area contributed by atoms with E-state index in [-0.39, 0.29) is 29.0 Å². The number of carbonyl (C=O) groups is 1. The second kappa shape index (κ2) is 7.89. The van der Waals surface area contributed by atoms with E-state index in [1.165, 1.54) is 31.4 Å². The number of thiophene rings is 1. The van der Waals surface area contributed by atoms with Crippen LogP contribution in [0.2, 0.25) is 0 Å². The van der Waals surface area contributed by atoms with Crippen molar-refractivity contribution in [2.24, 2.45) is 0 Å². The third kappa shape index (κ3) is 4.01. The summed E-state index contributed by atoms with van der Waals surface area (Å²) >= 11 is 1.09. The van der Waals surface area contributed by atoms with Crippen molar-refractivity contribution in [1.29, 1.82) is 0 Å². The summed E-state index contributed by atoms with van der Waals surface area (Å²) in [5.74, 6) is 0.350. The van der Waals surface area contributed by atoms with Crippen molar-refractivity contribution in [1.82, 2.24) is 0 Å². The van der Waals surface area contributed by atoms with Crippen molar-refractivity contribution >= 4 is 39.1 Å². The quantitative estimate of drug-likeness (QED) is 0.552. The lowest BCUT2D eigenvalue weighted by Crippen LogP contribution is -2.13. The molecule has 8 nitrogen and oxygen atoms in total. The second-order valence-electron chi connectivity index (χ2n) is 5.23. The number of esters is 1. The summed E-state index contributed by atoms with van der Waals surface area (Å²) in [5, 5.41) is 1.66. The molecule has 0 saturated carbocycles. The molecule has 0 aliphatic carbocycles. The summed E-state index contributed by atoms with van der Waals surface area (Å²) in [7, 11) is -2.40. The average Bonchev–Trinajstić information content (AvgIpc) is 3.31. The van der Waals surface area contributed by atoms with Crippen molar-refractivity contribution in [2.45, 2.75) is 11.1 Å². The number of benzene rings is 1. The number of carbonyl (C=O) groups excluding carboxylic acids is 1. The Kier molecular flexibility index (Phi) is 5.57. The van der Waals surface area contributed by atoms with Crippen LogP contribution in [0.25, 0.3) is 6.08 Å². The third-order valence-corrected chi connectivity index (χ3v) is 6.30. The summed E-state index contributed by atoms with van der Waals surface area (Å²) in [6, 6.07) is 4.62. The van der Waals surface area contributed by atoms with Gasteiger partial charge in [-0.2, -0.15) is 0 Å². The number of nitrogens with one attached hydrogen (secondary N) is 1. The Morgan fingerprint density at radius 2 is 2.22 bits per heavy atom. The predicted molar refractivity (Wildman–Crippen MR) is 99.9 cm³/mol. The van der Waals surface area contributed by atoms with Gasteiger partial charge in [0.1, 0.15) is 4.21 Å². The summed E-state index contributed by atoms with van der Waals surface area (Å²) in [4.78, 5) is 11.7. The van der Waals surface area contributed by atoms with Crippen molar-refractivity contribution in [3.05, 3.63) is 35.2 Å². The topological polar surface area (TPSA) is 100 Å². The van der Waals surface area contributed by atoms with E-state index in [1.807, 2.05) is 0 Å². The number of anilines is 1. The summed E-state index contributed by atoms with van der Waals surface area (Å²) in [6.45, 7) is 1.89. The molecular weight excluding hydrogens is 394 g/mol. The van der Waals surface area contributed by atoms with Crippen molar-refractivity contribution in [3.63, 3.8) is 0 Å². The van der Waals surface area contributed by atoms with Crippen LogP contribution in [0.4, 0.5) is 5.69 Å². The molecule has 2 heterocycles. The summed E-state index contributed by atoms with van der Waals surface area (Å²) < 4.78 is 48.9. The lowest BCUT2D eigenvalue weighted by Gasteiger charge is -2.15. The van der Waals surface area contributed by atoms with Gasteiger partial charge in [-0.05, 0) is 24.4 Å². The Morgan fingerprint density at radius 1 is 1.41 bits per heavy atom. The zero-order valence-electron chi connectivity index (χ0n) is 14.6. The van der Waals surface area contributed by atoms with Gasteiger partial charge in [0.05, 0.1) is 19.4 Å². The fraction of sp³-hybridized carbons (Fsp3) is 0.235. The lowest BCUT2D eigenvalue weighted by atomic mass is 10.1. The number of sulfonamides is 1. The lowest BCUT2D eigenvalue weighted by molar-refractivity contribution is -0.137. The first kappa shape index (κ1) is 19.1. The van der Waals surface area contributed by atoms with Crippen LogP contribution in [0.15, 0.2) is 33.9 Å². The summed E-state index contributed by atoms with van der Waals surface area (Å²) in [5.41, 5.74) is 0.500. The van der Waals surface area contributed by atoms with E-state index in [9.17, 15) is 13.2 Å². The van der Waals surface area contributed by atoms with Gasteiger partial charge in [0.15, 0.2) is 11.5 Å². The molecule has 1 aliphatic rings. The minimum atomic E-state index is -3.82. The molecule has 10 heteroatoms. The maximum absolute atomic E-state index is 12.6. The normalized spacial score (nSPS) is 13.0. The number of fused-ring (bicyclic) bond motifs is 1. The fourth-order valence-corrected chi connectivity index (χ4v) is 4.50. The molecule has 3 rings (SSSR count). The zero-order chi connectivity index (χ0) is 19.4. The van der Waals surface area contributed by atoms with Gasteiger partial charge in [0.25, 0.3) is 10.0 Å². The standard InChI is InChI=1S/C17H17NO7S2/c1-3-23-14(19)7-6-11-12(18-27(20,21)15-5-4-8-26-15)9-13-17(16(11)22-2)25-10-24-13/h4-9,18H,3,10H2,1-2H3/b7-6+. The van der Waals surface area contributed by atoms with Crippen molar-refractivity contribution in [3.8, 4) is 17.2 Å². The molecule has 0 bridgehead atoms. The molecule has 27 heavy (non-hydrogen) atoms. The molecule has 0 radical (unpaired) electrons. The van der Waals surface area contributed by atoms with Crippen LogP contribution in [0, 0.1) is 0 Å². The SMILES string of the molecule is CCOC(=O)/C=C/c1c(NS(=O)(=O)c2cccs2)cc2c(c1OC)OCO2. The van der Waals surface area contributed by atoms with E-state index >= 15 is 0 Å². The molecular formula is C17H17NO7S2. The van der Waals surface area contributed by atoms with Gasteiger partial charge in [0, 0.05) is 17.7 Å². The smallest absolute Gasteiger partial charge is 0.330 e. The first-order valence-corrected chi connectivity index (χ1v) is 10.2. The van der Waals surface area contributed by atoms with Crippen LogP contribution in [-0.2, 0) is 19.6 Å². The highest BCUT2D eigenvalue weighted by Crippen LogP contribution is 2.47. The Morgan fingerprint density at radius 3 is 2.89 bits per heavy atom. The molecule has 0 spiro atoms. The molecule has 2 aromatic rings. The second-order valence-corrected chi connectivity index (χ2v) is 8.08. The Bertz CT molecular complexity index is 966. The van der Waals surface area contributed by atoms with E-state index in [0.29, 0.717) is 17.1 Å². The van der Waals surface area contributed by atoms with E-state index in [1.54, 1.807) is 18.4 Å². The molecule has 1 aromatic heterocycles. The minimum Gasteiger partial charge on any atom is -0.492 e. The predicted octanol–water partition coefficient (Wildman–Crippen LogP) is 2.86. The number of ether oxygens (including phenoxy) is 4. The maximum atomic E-state index is 12.6. The molecule has 1 aromatic carbocycles. The molecule has 0 atom stereocenters. The molecule has 0 amide bonds. The minimum absolute atomic E-state index is 0.0200. The number of rotatable bonds is 7. The van der Waals surface area contributed by atoms with Crippen LogP contribution < -0.4 is 18.9 Å². The first-order chi connectivity index (χ1) is 13.0. The van der Waals surface area contributed by atoms with Gasteiger partial charge in [-0.1, -0.05) is 6.07 Å². The van der Waals surface area contributed by atoms with Crippen LogP contribution in [0.5, 0.6) is 17.2 Å². The Balaban J connectivity index is 2.07. The zero-order valence-corrected chi connectivity index (χ0v) is 16.2. The van der Waals surface area contributed by atoms with Crippen LogP contribution in [0.1, 0.15) is 12.5 Å². The molecule has 0 saturated heterocycles. The number of hydrogen-bond donors (Lipinski definition) is 1. The van der Waals surface area contributed by atoms with Crippen LogP contribution in [0.3, 0.4) is 0 Å². The van der Waals surface area contributed by atoms with E-state index < -0.39 is 16.0 Å². The highest BCUT2D eigenvalue weighted by molar-refractivity contribution is 7.94. The molecule has 0 unspecified atom stereocenters. The van der Waals surface area contributed by atoms with Gasteiger partial charge >= 0.3 is 5.97 Å². The molecule has 144 valence electrons. The number of methoxy groups -OCH3 is 1. The van der Waals surface area contributed by atoms with E-state index in [4.69, 9.17) is 18.9 Å². The highest BCUT2D eigenvalue weighted by atomic mass is 32.2. The third-order valence-electron chi connectivity index (χ3n) is 3.54. The van der Waals surface area contributed by atoms with Crippen LogP contribution in [-0.4, -0.2) is 34.9 Å². The van der Waals surface area contributed by atoms with Gasteiger partial charge in [-0.3, -0.25) is 4.72 Å². The monoisotopic (exact) mass is 411 g/mol. The van der Waals surface area contributed by atoms with Gasteiger partial charge in [-0.15, -0.1) is 11.3 Å². The average molecular weight is 411 g/mol. The molecule has 1 N–H and O–H groups in total. The van der Waals surface area contributed by atoms with Crippen molar-refractivity contribution < 1.29 is 32.2 Å². The number of hydrogen-bond acceptors (Lipinski definition) is 8. The highest BCUT2D eigenvalue weighted by Gasteiger charge is 2.27. The Hall–Kier alpha value is -2.72. The van der Waals surface area contributed by atoms with Gasteiger partial charge in [0.2, 0.25) is 12.5 Å². The molecule has 1 aliphatic heterocycles. The van der Waals surface area contributed by atoms with E-state index in [2.05, 4.69) is 4.72 Å². The van der Waals surface area contributed by atoms with Gasteiger partial charge in [-0.25, -0.2) is 13.2 Å². The van der Waals surface area contributed by atoms with Gasteiger partial charge < -0.3 is 18.9 Å². The van der Waals surface area contributed by atoms with E-state index in [0.717, 1.165) is 11.3 Å².